The van der Waals surface area contributed by atoms with E-state index in [1.54, 1.807) is 25.1 Å². The van der Waals surface area contributed by atoms with Gasteiger partial charge < -0.3 is 29.5 Å². The molecular formula is C33H41F2N5O4. The Morgan fingerprint density at radius 2 is 2.02 bits per heavy atom. The fourth-order valence-electron chi connectivity index (χ4n) is 7.82. The zero-order valence-corrected chi connectivity index (χ0v) is 25.5. The summed E-state index contributed by atoms with van der Waals surface area (Å²) in [5.74, 6) is 0.573. The summed E-state index contributed by atoms with van der Waals surface area (Å²) < 4.78 is 41.5. The van der Waals surface area contributed by atoms with Crippen LogP contribution in [0.25, 0.3) is 10.8 Å². The second kappa shape index (κ2) is 11.3. The van der Waals surface area contributed by atoms with E-state index in [4.69, 9.17) is 19.4 Å². The monoisotopic (exact) mass is 609 g/mol. The smallest absolute Gasteiger partial charge is 0.318 e. The third-order valence-electron chi connectivity index (χ3n) is 9.83. The molecule has 0 spiro atoms. The molecule has 3 fully saturated rings. The zero-order chi connectivity index (χ0) is 30.6. The molecule has 2 N–H and O–H groups in total. The van der Waals surface area contributed by atoms with Crippen molar-refractivity contribution < 1.29 is 28.5 Å². The minimum Gasteiger partial charge on any atom is -0.508 e. The molecule has 5 heterocycles. The predicted octanol–water partition coefficient (Wildman–Crippen LogP) is 4.14. The van der Waals surface area contributed by atoms with Gasteiger partial charge in [-0.15, -0.1) is 0 Å². The molecule has 0 amide bonds. The SMILES string of the molecule is CCc1c(F)ccc2cc(O)cc(N3CCc4c(nc(OCC56CCCN5CC(F)C6)nc4N4CCOCC(C)(O)C4)C3)c12. The van der Waals surface area contributed by atoms with Crippen LogP contribution in [-0.2, 0) is 24.1 Å². The summed E-state index contributed by atoms with van der Waals surface area (Å²) in [7, 11) is 0. The van der Waals surface area contributed by atoms with Gasteiger partial charge in [0.25, 0.3) is 0 Å². The Bertz CT molecular complexity index is 1570. The molecule has 0 radical (unpaired) electrons. The number of halogens is 2. The number of aromatic nitrogens is 2. The topological polar surface area (TPSA) is 94.4 Å². The lowest BCUT2D eigenvalue weighted by atomic mass is 9.95. The molecule has 1 aromatic heterocycles. The van der Waals surface area contributed by atoms with Gasteiger partial charge in [-0.2, -0.15) is 9.97 Å². The fraction of sp³-hybridized carbons (Fsp3) is 0.576. The molecule has 0 aliphatic carbocycles. The molecule has 0 bridgehead atoms. The van der Waals surface area contributed by atoms with Crippen molar-refractivity contribution in [2.24, 2.45) is 0 Å². The van der Waals surface area contributed by atoms with Crippen molar-refractivity contribution in [3.05, 3.63) is 46.9 Å². The van der Waals surface area contributed by atoms with Crippen LogP contribution >= 0.6 is 0 Å². The van der Waals surface area contributed by atoms with Crippen LogP contribution in [0.4, 0.5) is 20.3 Å². The highest BCUT2D eigenvalue weighted by atomic mass is 19.1. The first-order chi connectivity index (χ1) is 21.1. The van der Waals surface area contributed by atoms with Crippen molar-refractivity contribution >= 4 is 22.3 Å². The summed E-state index contributed by atoms with van der Waals surface area (Å²) in [4.78, 5) is 16.2. The van der Waals surface area contributed by atoms with Crippen molar-refractivity contribution in [1.82, 2.24) is 14.9 Å². The van der Waals surface area contributed by atoms with E-state index in [-0.39, 0.29) is 29.7 Å². The van der Waals surface area contributed by atoms with Crippen LogP contribution in [0.15, 0.2) is 24.3 Å². The van der Waals surface area contributed by atoms with Gasteiger partial charge in [0.1, 0.15) is 35.8 Å². The number of benzene rings is 2. The highest BCUT2D eigenvalue weighted by Crippen LogP contribution is 2.42. The first kappa shape index (κ1) is 29.4. The minimum atomic E-state index is -1.06. The summed E-state index contributed by atoms with van der Waals surface area (Å²) in [5, 5.41) is 23.2. The van der Waals surface area contributed by atoms with Crippen LogP contribution in [0, 0.1) is 5.82 Å². The largest absolute Gasteiger partial charge is 0.508 e. The zero-order valence-electron chi connectivity index (χ0n) is 25.5. The van der Waals surface area contributed by atoms with Crippen LogP contribution in [0.2, 0.25) is 0 Å². The molecule has 2 aromatic carbocycles. The Hall–Kier alpha value is -3.28. The number of aromatic hydroxyl groups is 1. The quantitative estimate of drug-likeness (QED) is 0.428. The van der Waals surface area contributed by atoms with Crippen molar-refractivity contribution in [1.29, 1.82) is 0 Å². The number of phenols is 1. The lowest BCUT2D eigenvalue weighted by Gasteiger charge is -2.36. The number of aliphatic hydroxyl groups is 1. The van der Waals surface area contributed by atoms with E-state index in [0.717, 1.165) is 47.1 Å². The number of anilines is 2. The number of hydrogen-bond acceptors (Lipinski definition) is 9. The average Bonchev–Trinajstić information content (AvgIpc) is 3.45. The fourth-order valence-corrected chi connectivity index (χ4v) is 7.82. The van der Waals surface area contributed by atoms with Crippen LogP contribution in [0.1, 0.15) is 49.9 Å². The molecule has 9 nitrogen and oxygen atoms in total. The number of β-amino-alcohol motifs (C(OH)–C–C–N with tert-alkyl or cyclic N) is 1. The number of ether oxygens (including phenoxy) is 2. The van der Waals surface area contributed by atoms with E-state index in [0.29, 0.717) is 76.6 Å². The number of phenolic OH excluding ortho intramolecular Hbond substituents is 1. The maximum Gasteiger partial charge on any atom is 0.318 e. The van der Waals surface area contributed by atoms with Gasteiger partial charge in [-0.3, -0.25) is 4.90 Å². The van der Waals surface area contributed by atoms with E-state index in [1.807, 2.05) is 6.92 Å². The molecule has 3 atom stereocenters. The number of hydrogen-bond donors (Lipinski definition) is 2. The summed E-state index contributed by atoms with van der Waals surface area (Å²) >= 11 is 0. The molecule has 4 aliphatic rings. The van der Waals surface area contributed by atoms with Crippen molar-refractivity contribution in [3.63, 3.8) is 0 Å². The van der Waals surface area contributed by atoms with Gasteiger partial charge in [0.2, 0.25) is 0 Å². The van der Waals surface area contributed by atoms with Gasteiger partial charge in [-0.1, -0.05) is 13.0 Å². The molecule has 7 rings (SSSR count). The van der Waals surface area contributed by atoms with E-state index < -0.39 is 11.8 Å². The highest BCUT2D eigenvalue weighted by Gasteiger charge is 2.49. The van der Waals surface area contributed by atoms with E-state index in [9.17, 15) is 19.0 Å². The second-order valence-corrected chi connectivity index (χ2v) is 13.2. The number of rotatable bonds is 6. The number of alkyl halides is 1. The summed E-state index contributed by atoms with van der Waals surface area (Å²) in [6, 6.07) is 6.78. The summed E-state index contributed by atoms with van der Waals surface area (Å²) in [5.41, 5.74) is 1.74. The molecule has 3 saturated heterocycles. The van der Waals surface area contributed by atoms with Gasteiger partial charge in [0, 0.05) is 48.8 Å². The lowest BCUT2D eigenvalue weighted by molar-refractivity contribution is -0.0123. The predicted molar refractivity (Wildman–Crippen MR) is 164 cm³/mol. The maximum absolute atomic E-state index is 15.0. The average molecular weight is 610 g/mol. The van der Waals surface area contributed by atoms with Gasteiger partial charge >= 0.3 is 6.01 Å². The normalized spacial score (nSPS) is 27.4. The van der Waals surface area contributed by atoms with Crippen LogP contribution in [-0.4, -0.2) is 94.9 Å². The van der Waals surface area contributed by atoms with E-state index >= 15 is 0 Å². The van der Waals surface area contributed by atoms with Crippen LogP contribution < -0.4 is 14.5 Å². The lowest BCUT2D eigenvalue weighted by Crippen LogP contribution is -2.44. The summed E-state index contributed by atoms with van der Waals surface area (Å²) in [6.45, 7) is 7.92. The standard InChI is InChI=1S/C33H41F2N5O4/c1-3-24-26(35)6-5-21-13-23(41)14-28(29(21)24)38-10-7-25-27(17-38)36-31(37-30(25)39-11-12-43-19-32(2,42)18-39)44-20-33-8-4-9-40(33)16-22(34)15-33/h5-6,13-14,22,41-42H,3-4,7-12,15-20H2,1-2H3. The van der Waals surface area contributed by atoms with Crippen molar-refractivity contribution in [2.45, 2.75) is 69.8 Å². The molecule has 4 aliphatic heterocycles. The minimum absolute atomic E-state index is 0.120. The highest BCUT2D eigenvalue weighted by molar-refractivity contribution is 5.98. The Morgan fingerprint density at radius 3 is 2.86 bits per heavy atom. The molecule has 44 heavy (non-hydrogen) atoms. The Balaban J connectivity index is 1.27. The van der Waals surface area contributed by atoms with E-state index in [2.05, 4.69) is 14.7 Å². The molecule has 3 unspecified atom stereocenters. The van der Waals surface area contributed by atoms with E-state index in [1.165, 1.54) is 6.07 Å². The number of aryl methyl sites for hydroxylation is 1. The Kier molecular flexibility index (Phi) is 7.53. The van der Waals surface area contributed by atoms with Crippen LogP contribution in [0.5, 0.6) is 11.8 Å². The van der Waals surface area contributed by atoms with Crippen molar-refractivity contribution in [3.8, 4) is 11.8 Å². The van der Waals surface area contributed by atoms with Gasteiger partial charge in [-0.05, 0) is 62.2 Å². The van der Waals surface area contributed by atoms with Crippen molar-refractivity contribution in [2.75, 3.05) is 62.3 Å². The van der Waals surface area contributed by atoms with Gasteiger partial charge in [0.15, 0.2) is 0 Å². The number of nitrogens with zero attached hydrogens (tertiary/aromatic N) is 5. The first-order valence-electron chi connectivity index (χ1n) is 15.8. The second-order valence-electron chi connectivity index (χ2n) is 13.2. The number of fused-ring (bicyclic) bond motifs is 3. The molecule has 236 valence electrons. The first-order valence-corrected chi connectivity index (χ1v) is 15.8. The molecule has 11 heteroatoms. The summed E-state index contributed by atoms with van der Waals surface area (Å²) in [6.07, 6.45) is 2.62. The molecular weight excluding hydrogens is 568 g/mol. The van der Waals surface area contributed by atoms with Gasteiger partial charge in [-0.25, -0.2) is 8.78 Å². The third kappa shape index (κ3) is 5.32. The molecule has 0 saturated carbocycles. The molecule has 3 aromatic rings. The van der Waals surface area contributed by atoms with Gasteiger partial charge in [0.05, 0.1) is 37.5 Å². The Morgan fingerprint density at radius 1 is 1.16 bits per heavy atom. The Labute approximate surface area is 256 Å². The maximum atomic E-state index is 15.0. The third-order valence-corrected chi connectivity index (χ3v) is 9.83. The van der Waals surface area contributed by atoms with Crippen LogP contribution in [0.3, 0.4) is 0 Å².